The third-order valence-electron chi connectivity index (χ3n) is 4.11. The summed E-state index contributed by atoms with van der Waals surface area (Å²) in [5.41, 5.74) is 2.07. The molecule has 0 saturated heterocycles. The zero-order valence-electron chi connectivity index (χ0n) is 13.2. The van der Waals surface area contributed by atoms with Gasteiger partial charge in [0, 0.05) is 20.0 Å². The van der Waals surface area contributed by atoms with Gasteiger partial charge >= 0.3 is 0 Å². The predicted octanol–water partition coefficient (Wildman–Crippen LogP) is 2.18. The fourth-order valence-corrected chi connectivity index (χ4v) is 4.42. The van der Waals surface area contributed by atoms with Gasteiger partial charge in [-0.05, 0) is 29.7 Å². The summed E-state index contributed by atoms with van der Waals surface area (Å²) in [6.07, 6.45) is 0.632. The first kappa shape index (κ1) is 16.6. The molecule has 7 heteroatoms. The van der Waals surface area contributed by atoms with Gasteiger partial charge in [0.15, 0.2) is 0 Å². The molecule has 0 bridgehead atoms. The lowest BCUT2D eigenvalue weighted by Crippen LogP contribution is -2.37. The number of hydrogen-bond donors (Lipinski definition) is 1. The van der Waals surface area contributed by atoms with Crippen molar-refractivity contribution in [1.82, 2.24) is 4.31 Å². The van der Waals surface area contributed by atoms with Crippen molar-refractivity contribution in [2.45, 2.75) is 24.8 Å². The Morgan fingerprint density at radius 1 is 1.08 bits per heavy atom. The highest BCUT2D eigenvalue weighted by Gasteiger charge is 2.31. The van der Waals surface area contributed by atoms with Gasteiger partial charge in [0.2, 0.25) is 15.9 Å². The molecule has 24 heavy (non-hydrogen) atoms. The van der Waals surface area contributed by atoms with Crippen molar-refractivity contribution in [1.29, 1.82) is 0 Å². The lowest BCUT2D eigenvalue weighted by Gasteiger charge is -2.29. The fraction of sp³-hybridized carbons (Fsp3) is 0.235. The molecule has 2 aromatic rings. The Kier molecular flexibility index (Phi) is 4.40. The van der Waals surface area contributed by atoms with Crippen LogP contribution in [0.2, 0.25) is 0 Å². The van der Waals surface area contributed by atoms with Crippen molar-refractivity contribution < 1.29 is 18.4 Å². The first-order valence-electron chi connectivity index (χ1n) is 7.57. The minimum absolute atomic E-state index is 0.0381. The summed E-state index contributed by atoms with van der Waals surface area (Å²) in [4.78, 5) is 11.3. The van der Waals surface area contributed by atoms with E-state index in [-0.39, 0.29) is 17.1 Å². The monoisotopic (exact) mass is 346 g/mol. The molecule has 3 rings (SSSR count). The summed E-state index contributed by atoms with van der Waals surface area (Å²) in [5, 5.41) is 10.3. The highest BCUT2D eigenvalue weighted by atomic mass is 32.2. The smallest absolute Gasteiger partial charge is 0.247 e. The van der Waals surface area contributed by atoms with E-state index in [4.69, 9.17) is 0 Å². The van der Waals surface area contributed by atoms with E-state index < -0.39 is 15.9 Å². The van der Waals surface area contributed by atoms with Gasteiger partial charge in [-0.3, -0.25) is 10.0 Å². The van der Waals surface area contributed by atoms with Crippen LogP contribution in [0.3, 0.4) is 0 Å². The number of sulfonamides is 1. The average Bonchev–Trinajstić information content (AvgIpc) is 2.60. The van der Waals surface area contributed by atoms with Gasteiger partial charge in [-0.25, -0.2) is 8.42 Å². The van der Waals surface area contributed by atoms with E-state index in [0.29, 0.717) is 18.0 Å². The maximum atomic E-state index is 13.0. The van der Waals surface area contributed by atoms with Crippen LogP contribution >= 0.6 is 0 Å². The van der Waals surface area contributed by atoms with Crippen molar-refractivity contribution >= 4 is 21.6 Å². The minimum Gasteiger partial charge on any atom is -0.281 e. The van der Waals surface area contributed by atoms with Crippen LogP contribution in [0, 0.1) is 0 Å². The maximum absolute atomic E-state index is 13.0. The molecule has 1 aliphatic rings. The molecule has 1 aliphatic heterocycles. The van der Waals surface area contributed by atoms with Crippen LogP contribution < -0.4 is 5.06 Å². The van der Waals surface area contributed by atoms with Crippen LogP contribution in [0.15, 0.2) is 53.4 Å². The number of carbonyl (C=O) groups is 1. The molecule has 0 aliphatic carbocycles. The van der Waals surface area contributed by atoms with Crippen molar-refractivity contribution in [3.05, 3.63) is 59.7 Å². The highest BCUT2D eigenvalue weighted by Crippen LogP contribution is 2.30. The molecule has 0 aromatic heterocycles. The van der Waals surface area contributed by atoms with Gasteiger partial charge in [-0.2, -0.15) is 9.37 Å². The Labute approximate surface area is 140 Å². The number of hydroxylamine groups is 1. The second-order valence-electron chi connectivity index (χ2n) is 5.66. The van der Waals surface area contributed by atoms with E-state index in [1.165, 1.54) is 23.4 Å². The molecule has 0 fully saturated rings. The molecule has 1 N–H and O–H groups in total. The summed E-state index contributed by atoms with van der Waals surface area (Å²) in [5.74, 6) is -0.651. The highest BCUT2D eigenvalue weighted by molar-refractivity contribution is 7.89. The molecule has 1 amide bonds. The fourth-order valence-electron chi connectivity index (χ4n) is 2.83. The Morgan fingerprint density at radius 3 is 2.42 bits per heavy atom. The summed E-state index contributed by atoms with van der Waals surface area (Å²) in [7, 11) is -3.83. The lowest BCUT2D eigenvalue weighted by molar-refractivity contribution is -0.121. The van der Waals surface area contributed by atoms with Gasteiger partial charge in [0.25, 0.3) is 0 Å². The molecule has 0 atom stereocenters. The molecule has 6 nitrogen and oxygen atoms in total. The van der Waals surface area contributed by atoms with E-state index in [2.05, 4.69) is 0 Å². The van der Waals surface area contributed by atoms with E-state index in [1.807, 2.05) is 24.3 Å². The summed E-state index contributed by atoms with van der Waals surface area (Å²) >= 11 is 0. The Balaban J connectivity index is 2.00. The molecule has 0 radical (unpaired) electrons. The molecule has 0 saturated carbocycles. The predicted molar refractivity (Wildman–Crippen MR) is 89.1 cm³/mol. The molecular weight excluding hydrogens is 328 g/mol. The Hall–Kier alpha value is -2.22. The number of rotatable bonds is 3. The third-order valence-corrected chi connectivity index (χ3v) is 6.00. The van der Waals surface area contributed by atoms with Crippen molar-refractivity contribution in [2.75, 3.05) is 11.6 Å². The van der Waals surface area contributed by atoms with Crippen LogP contribution in [0.4, 0.5) is 5.69 Å². The number of carbonyl (C=O) groups excluding carboxylic acids is 1. The van der Waals surface area contributed by atoms with Crippen LogP contribution in [0.1, 0.15) is 18.1 Å². The SMILES string of the molecule is CC(=O)N(O)c1ccccc1S(=O)(=O)N1CCc2ccccc2C1. The van der Waals surface area contributed by atoms with Crippen LogP contribution in [0.5, 0.6) is 0 Å². The maximum Gasteiger partial charge on any atom is 0.247 e. The number of benzene rings is 2. The van der Waals surface area contributed by atoms with E-state index >= 15 is 0 Å². The van der Waals surface area contributed by atoms with Gasteiger partial charge in [0.1, 0.15) is 4.90 Å². The largest absolute Gasteiger partial charge is 0.281 e. The molecule has 126 valence electrons. The second-order valence-corrected chi connectivity index (χ2v) is 7.56. The molecular formula is C17H18N2O4S. The lowest BCUT2D eigenvalue weighted by atomic mass is 10.0. The van der Waals surface area contributed by atoms with Crippen LogP contribution in [0.25, 0.3) is 0 Å². The first-order chi connectivity index (χ1) is 11.4. The zero-order chi connectivity index (χ0) is 17.3. The molecule has 0 spiro atoms. The van der Waals surface area contributed by atoms with Gasteiger partial charge in [-0.15, -0.1) is 0 Å². The minimum atomic E-state index is -3.83. The normalized spacial score (nSPS) is 14.9. The summed E-state index contributed by atoms with van der Waals surface area (Å²) in [6, 6.07) is 13.7. The molecule has 2 aromatic carbocycles. The number of fused-ring (bicyclic) bond motifs is 1. The summed E-state index contributed by atoms with van der Waals surface area (Å²) < 4.78 is 27.4. The number of amides is 1. The Bertz CT molecular complexity index is 880. The second kappa shape index (κ2) is 6.35. The summed E-state index contributed by atoms with van der Waals surface area (Å²) in [6.45, 7) is 1.80. The average molecular weight is 346 g/mol. The van der Waals surface area contributed by atoms with Gasteiger partial charge < -0.3 is 0 Å². The quantitative estimate of drug-likeness (QED) is 0.682. The van der Waals surface area contributed by atoms with E-state index in [0.717, 1.165) is 11.1 Å². The number of hydrogen-bond acceptors (Lipinski definition) is 4. The third kappa shape index (κ3) is 2.93. The number of anilines is 1. The zero-order valence-corrected chi connectivity index (χ0v) is 14.0. The number of para-hydroxylation sites is 1. The molecule has 1 heterocycles. The van der Waals surface area contributed by atoms with Crippen LogP contribution in [-0.4, -0.2) is 30.4 Å². The standard InChI is InChI=1S/C17H18N2O4S/c1-13(20)19(21)16-8-4-5-9-17(16)24(22,23)18-11-10-14-6-2-3-7-15(14)12-18/h2-9,21H,10-12H2,1H3. The first-order valence-corrected chi connectivity index (χ1v) is 9.01. The number of nitrogens with zero attached hydrogens (tertiary/aromatic N) is 2. The topological polar surface area (TPSA) is 77.9 Å². The molecule has 0 unspecified atom stereocenters. The van der Waals surface area contributed by atoms with Crippen molar-refractivity contribution in [3.8, 4) is 0 Å². The van der Waals surface area contributed by atoms with Crippen molar-refractivity contribution in [3.63, 3.8) is 0 Å². The Morgan fingerprint density at radius 2 is 1.71 bits per heavy atom. The van der Waals surface area contributed by atoms with Gasteiger partial charge in [-0.1, -0.05) is 36.4 Å². The van der Waals surface area contributed by atoms with Crippen LogP contribution in [-0.2, 0) is 27.8 Å². The van der Waals surface area contributed by atoms with E-state index in [1.54, 1.807) is 12.1 Å². The van der Waals surface area contributed by atoms with E-state index in [9.17, 15) is 18.4 Å². The van der Waals surface area contributed by atoms with Gasteiger partial charge in [0.05, 0.1) is 5.69 Å². The van der Waals surface area contributed by atoms with Crippen molar-refractivity contribution in [2.24, 2.45) is 0 Å².